The Bertz CT molecular complexity index is 431. The number of nitrogens with zero attached hydrogens (tertiary/aromatic N) is 1. The molecular formula is C16H21NO2. The molecule has 0 spiro atoms. The third-order valence-electron chi connectivity index (χ3n) is 4.76. The number of benzene rings is 1. The molecule has 19 heavy (non-hydrogen) atoms. The van der Waals surface area contributed by atoms with Gasteiger partial charge in [-0.3, -0.25) is 9.69 Å². The van der Waals surface area contributed by atoms with Gasteiger partial charge in [0.1, 0.15) is 0 Å². The van der Waals surface area contributed by atoms with Gasteiger partial charge < -0.3 is 5.11 Å². The summed E-state index contributed by atoms with van der Waals surface area (Å²) >= 11 is 0. The minimum absolute atomic E-state index is 0.370. The highest BCUT2D eigenvalue weighted by Crippen LogP contribution is 2.43. The molecular weight excluding hydrogens is 238 g/mol. The van der Waals surface area contributed by atoms with E-state index in [1.54, 1.807) is 0 Å². The predicted molar refractivity (Wildman–Crippen MR) is 73.7 cm³/mol. The first-order chi connectivity index (χ1) is 9.22. The van der Waals surface area contributed by atoms with Gasteiger partial charge >= 0.3 is 5.97 Å². The van der Waals surface area contributed by atoms with Crippen molar-refractivity contribution in [3.8, 4) is 0 Å². The highest BCUT2D eigenvalue weighted by Gasteiger charge is 2.42. The van der Waals surface area contributed by atoms with E-state index < -0.39 is 5.97 Å². The molecule has 1 aromatic rings. The summed E-state index contributed by atoms with van der Waals surface area (Å²) in [5.41, 5.74) is 1.36. The van der Waals surface area contributed by atoms with Crippen LogP contribution in [0, 0.1) is 17.8 Å². The summed E-state index contributed by atoms with van der Waals surface area (Å²) in [5.74, 6) is 0.986. The van der Waals surface area contributed by atoms with Gasteiger partial charge in [0.25, 0.3) is 0 Å². The van der Waals surface area contributed by atoms with E-state index in [2.05, 4.69) is 29.2 Å². The highest BCUT2D eigenvalue weighted by atomic mass is 16.4. The second kappa shape index (κ2) is 5.33. The number of rotatable bonds is 4. The summed E-state index contributed by atoms with van der Waals surface area (Å²) in [5, 5.41) is 9.02. The van der Waals surface area contributed by atoms with Gasteiger partial charge in [0, 0.05) is 26.1 Å². The molecule has 3 heteroatoms. The van der Waals surface area contributed by atoms with Crippen LogP contribution in [0.3, 0.4) is 0 Å². The number of aliphatic carboxylic acids is 1. The fourth-order valence-corrected chi connectivity index (χ4v) is 3.94. The molecule has 1 aliphatic carbocycles. The molecule has 1 aliphatic heterocycles. The van der Waals surface area contributed by atoms with Crippen molar-refractivity contribution in [3.05, 3.63) is 35.9 Å². The lowest BCUT2D eigenvalue weighted by Gasteiger charge is -2.37. The van der Waals surface area contributed by atoms with Gasteiger partial charge in [-0.05, 0) is 36.2 Å². The molecule has 1 saturated heterocycles. The Morgan fingerprint density at radius 3 is 2.37 bits per heavy atom. The van der Waals surface area contributed by atoms with Crippen molar-refractivity contribution in [2.45, 2.75) is 25.8 Å². The zero-order valence-corrected chi connectivity index (χ0v) is 11.2. The molecule has 2 bridgehead atoms. The van der Waals surface area contributed by atoms with Crippen molar-refractivity contribution in [3.63, 3.8) is 0 Å². The van der Waals surface area contributed by atoms with Crippen LogP contribution in [-0.2, 0) is 11.3 Å². The Hall–Kier alpha value is -1.35. The average molecular weight is 259 g/mol. The van der Waals surface area contributed by atoms with Gasteiger partial charge in [0.05, 0.1) is 0 Å². The van der Waals surface area contributed by atoms with E-state index in [1.165, 1.54) is 18.4 Å². The lowest BCUT2D eigenvalue weighted by molar-refractivity contribution is -0.139. The number of hydrogen-bond donors (Lipinski definition) is 1. The van der Waals surface area contributed by atoms with E-state index in [1.807, 2.05) is 6.07 Å². The number of fused-ring (bicyclic) bond motifs is 2. The van der Waals surface area contributed by atoms with E-state index >= 15 is 0 Å². The summed E-state index contributed by atoms with van der Waals surface area (Å²) in [6, 6.07) is 10.6. The quantitative estimate of drug-likeness (QED) is 0.903. The fourth-order valence-electron chi connectivity index (χ4n) is 3.94. The average Bonchev–Trinajstić information content (AvgIpc) is 2.62. The Balaban J connectivity index is 1.63. The van der Waals surface area contributed by atoms with Crippen molar-refractivity contribution in [1.82, 2.24) is 4.90 Å². The zero-order valence-electron chi connectivity index (χ0n) is 11.2. The van der Waals surface area contributed by atoms with Crippen molar-refractivity contribution in [2.24, 2.45) is 17.8 Å². The first kappa shape index (κ1) is 12.7. The Kier molecular flexibility index (Phi) is 3.56. The fraction of sp³-hybridized carbons (Fsp3) is 0.562. The molecule has 2 atom stereocenters. The maximum absolute atomic E-state index is 10.9. The Morgan fingerprint density at radius 2 is 1.79 bits per heavy atom. The summed E-state index contributed by atoms with van der Waals surface area (Å²) in [7, 11) is 0. The van der Waals surface area contributed by atoms with E-state index in [4.69, 9.17) is 5.11 Å². The van der Waals surface area contributed by atoms with E-state index in [-0.39, 0.29) is 0 Å². The molecule has 3 rings (SSSR count). The van der Waals surface area contributed by atoms with Gasteiger partial charge in [-0.15, -0.1) is 0 Å². The van der Waals surface area contributed by atoms with Gasteiger partial charge in [0.2, 0.25) is 0 Å². The van der Waals surface area contributed by atoms with E-state index in [0.717, 1.165) is 19.6 Å². The maximum atomic E-state index is 10.9. The monoisotopic (exact) mass is 259 g/mol. The molecule has 0 radical (unpaired) electrons. The number of piperidine rings is 1. The van der Waals surface area contributed by atoms with Crippen LogP contribution in [0.25, 0.3) is 0 Å². The first-order valence-electron chi connectivity index (χ1n) is 7.20. The summed E-state index contributed by atoms with van der Waals surface area (Å²) < 4.78 is 0. The second-order valence-electron chi connectivity index (χ2n) is 6.04. The van der Waals surface area contributed by atoms with Crippen LogP contribution in [0.1, 0.15) is 24.8 Å². The van der Waals surface area contributed by atoms with Crippen molar-refractivity contribution < 1.29 is 9.90 Å². The summed E-state index contributed by atoms with van der Waals surface area (Å²) in [4.78, 5) is 13.5. The first-order valence-corrected chi connectivity index (χ1v) is 7.20. The maximum Gasteiger partial charge on any atom is 0.303 e. The molecule has 1 saturated carbocycles. The molecule has 2 unspecified atom stereocenters. The van der Waals surface area contributed by atoms with Crippen LogP contribution in [-0.4, -0.2) is 29.1 Å². The van der Waals surface area contributed by atoms with Gasteiger partial charge in [0.15, 0.2) is 0 Å². The van der Waals surface area contributed by atoms with Crippen molar-refractivity contribution in [2.75, 3.05) is 13.1 Å². The molecule has 3 nitrogen and oxygen atoms in total. The van der Waals surface area contributed by atoms with Crippen LogP contribution >= 0.6 is 0 Å². The number of hydrogen-bond acceptors (Lipinski definition) is 2. The summed E-state index contributed by atoms with van der Waals surface area (Å²) in [6.07, 6.45) is 2.80. The van der Waals surface area contributed by atoms with Crippen LogP contribution in [0.5, 0.6) is 0 Å². The number of likely N-dealkylation sites (tertiary alicyclic amines) is 1. The molecule has 1 N–H and O–H groups in total. The number of carbonyl (C=O) groups is 1. The van der Waals surface area contributed by atoms with Crippen LogP contribution in [0.2, 0.25) is 0 Å². The van der Waals surface area contributed by atoms with Crippen molar-refractivity contribution in [1.29, 1.82) is 0 Å². The SMILES string of the molecule is O=C(O)CC1C2CCC1CN(Cc1ccccc1)C2. The summed E-state index contributed by atoms with van der Waals surface area (Å²) in [6.45, 7) is 3.15. The molecule has 1 heterocycles. The van der Waals surface area contributed by atoms with Crippen molar-refractivity contribution >= 4 is 5.97 Å². The van der Waals surface area contributed by atoms with Gasteiger partial charge in [-0.25, -0.2) is 0 Å². The molecule has 1 aromatic carbocycles. The van der Waals surface area contributed by atoms with Crippen LogP contribution in [0.15, 0.2) is 30.3 Å². The van der Waals surface area contributed by atoms with Crippen LogP contribution < -0.4 is 0 Å². The Labute approximate surface area is 114 Å². The van der Waals surface area contributed by atoms with E-state index in [9.17, 15) is 4.79 Å². The molecule has 2 fully saturated rings. The molecule has 2 aliphatic rings. The predicted octanol–water partition coefficient (Wildman–Crippen LogP) is 2.62. The largest absolute Gasteiger partial charge is 0.481 e. The third-order valence-corrected chi connectivity index (χ3v) is 4.76. The van der Waals surface area contributed by atoms with E-state index in [0.29, 0.717) is 24.2 Å². The number of carboxylic acid groups (broad SMARTS) is 1. The third kappa shape index (κ3) is 2.81. The normalized spacial score (nSPS) is 30.4. The second-order valence-corrected chi connectivity index (χ2v) is 6.04. The smallest absolute Gasteiger partial charge is 0.303 e. The Morgan fingerprint density at radius 1 is 1.16 bits per heavy atom. The lowest BCUT2D eigenvalue weighted by atomic mass is 9.82. The highest BCUT2D eigenvalue weighted by molar-refractivity contribution is 5.67. The minimum atomic E-state index is -0.626. The zero-order chi connectivity index (χ0) is 13.2. The topological polar surface area (TPSA) is 40.5 Å². The minimum Gasteiger partial charge on any atom is -0.481 e. The van der Waals surface area contributed by atoms with Gasteiger partial charge in [-0.2, -0.15) is 0 Å². The van der Waals surface area contributed by atoms with Crippen LogP contribution in [0.4, 0.5) is 0 Å². The molecule has 102 valence electrons. The molecule has 0 aromatic heterocycles. The van der Waals surface area contributed by atoms with Gasteiger partial charge in [-0.1, -0.05) is 30.3 Å². The number of carboxylic acids is 1. The standard InChI is InChI=1S/C16H21NO2/c18-16(19)8-15-13-6-7-14(15)11-17(10-13)9-12-4-2-1-3-5-12/h1-5,13-15H,6-11H2,(H,18,19). The lowest BCUT2D eigenvalue weighted by Crippen LogP contribution is -2.42. The molecule has 0 amide bonds.